The first kappa shape index (κ1) is 10.4. The Labute approximate surface area is 79.2 Å². The van der Waals surface area contributed by atoms with Gasteiger partial charge in [-0.1, -0.05) is 6.08 Å². The lowest BCUT2D eigenvalue weighted by Crippen LogP contribution is -2.54. The van der Waals surface area contributed by atoms with E-state index in [0.717, 1.165) is 19.1 Å². The van der Waals surface area contributed by atoms with E-state index in [2.05, 4.69) is 6.58 Å². The predicted octanol–water partition coefficient (Wildman–Crippen LogP) is 0.444. The zero-order valence-electron chi connectivity index (χ0n) is 7.91. The Kier molecular flexibility index (Phi) is 3.22. The van der Waals surface area contributed by atoms with Gasteiger partial charge in [-0.15, -0.1) is 6.58 Å². The van der Waals surface area contributed by atoms with E-state index in [1.807, 2.05) is 6.08 Å². The molecule has 74 valence electrons. The second-order valence-electron chi connectivity index (χ2n) is 3.94. The van der Waals surface area contributed by atoms with E-state index in [1.165, 1.54) is 0 Å². The molecule has 1 rings (SSSR count). The first-order chi connectivity index (χ1) is 6.16. The molecular weight excluding hydrogens is 164 g/mol. The smallest absolute Gasteiger partial charge is 0.140 e. The highest BCUT2D eigenvalue weighted by atomic mass is 16.1. The third-order valence-electron chi connectivity index (χ3n) is 3.10. The van der Waals surface area contributed by atoms with Crippen molar-refractivity contribution >= 4 is 6.29 Å². The van der Waals surface area contributed by atoms with Crippen molar-refractivity contribution in [3.05, 3.63) is 12.7 Å². The van der Waals surface area contributed by atoms with Crippen LogP contribution in [-0.4, -0.2) is 18.4 Å². The molecule has 13 heavy (non-hydrogen) atoms. The Balaban J connectivity index is 2.73. The van der Waals surface area contributed by atoms with Crippen LogP contribution in [0, 0.1) is 11.8 Å². The summed E-state index contributed by atoms with van der Waals surface area (Å²) in [7, 11) is 0. The molecule has 4 N–H and O–H groups in total. The Morgan fingerprint density at radius 2 is 2.23 bits per heavy atom. The average molecular weight is 182 g/mol. The summed E-state index contributed by atoms with van der Waals surface area (Å²) in [6.07, 6.45) is 5.43. The molecule has 0 aromatic heterocycles. The van der Waals surface area contributed by atoms with Gasteiger partial charge in [-0.25, -0.2) is 0 Å². The lowest BCUT2D eigenvalue weighted by atomic mass is 9.70. The molecule has 0 spiro atoms. The standard InChI is InChI=1S/C10H18N2O/c1-2-8-3-4-9(6-11)10(12,5-8)7-13/h2,7-9H,1,3-6,11-12H2/t8-,9+,10+/m1/s1. The number of carbonyl (C=O) groups is 1. The highest BCUT2D eigenvalue weighted by Crippen LogP contribution is 2.34. The molecule has 3 heteroatoms. The molecule has 1 aliphatic rings. The van der Waals surface area contributed by atoms with Crippen LogP contribution in [0.1, 0.15) is 19.3 Å². The molecule has 0 bridgehead atoms. The maximum Gasteiger partial charge on any atom is 0.140 e. The van der Waals surface area contributed by atoms with Crippen LogP contribution in [-0.2, 0) is 4.79 Å². The van der Waals surface area contributed by atoms with Gasteiger partial charge >= 0.3 is 0 Å². The normalized spacial score (nSPS) is 39.8. The van der Waals surface area contributed by atoms with Crippen molar-refractivity contribution in [1.82, 2.24) is 0 Å². The molecule has 0 aliphatic heterocycles. The van der Waals surface area contributed by atoms with Gasteiger partial charge in [-0.3, -0.25) is 0 Å². The minimum atomic E-state index is -0.716. The summed E-state index contributed by atoms with van der Waals surface area (Å²) < 4.78 is 0. The van der Waals surface area contributed by atoms with Crippen molar-refractivity contribution in [2.75, 3.05) is 6.54 Å². The average Bonchev–Trinajstić information content (AvgIpc) is 2.17. The molecule has 1 fully saturated rings. The van der Waals surface area contributed by atoms with Gasteiger partial charge in [-0.2, -0.15) is 0 Å². The number of allylic oxidation sites excluding steroid dienone is 1. The van der Waals surface area contributed by atoms with Crippen LogP contribution in [0.25, 0.3) is 0 Å². The van der Waals surface area contributed by atoms with Gasteiger partial charge in [0, 0.05) is 0 Å². The summed E-state index contributed by atoms with van der Waals surface area (Å²) in [5, 5.41) is 0. The maximum absolute atomic E-state index is 10.9. The van der Waals surface area contributed by atoms with Gasteiger partial charge in [0.05, 0.1) is 5.54 Å². The van der Waals surface area contributed by atoms with Crippen molar-refractivity contribution in [1.29, 1.82) is 0 Å². The van der Waals surface area contributed by atoms with Gasteiger partial charge in [0.2, 0.25) is 0 Å². The zero-order chi connectivity index (χ0) is 9.90. The van der Waals surface area contributed by atoms with Gasteiger partial charge < -0.3 is 16.3 Å². The van der Waals surface area contributed by atoms with E-state index in [0.29, 0.717) is 18.9 Å². The fourth-order valence-corrected chi connectivity index (χ4v) is 2.09. The first-order valence-corrected chi connectivity index (χ1v) is 4.74. The molecule has 0 aromatic rings. The molecule has 3 atom stereocenters. The summed E-state index contributed by atoms with van der Waals surface area (Å²) in [5.74, 6) is 0.513. The van der Waals surface area contributed by atoms with Gasteiger partial charge in [0.1, 0.15) is 6.29 Å². The lowest BCUT2D eigenvalue weighted by Gasteiger charge is -2.39. The van der Waals surface area contributed by atoms with Crippen LogP contribution in [0.3, 0.4) is 0 Å². The zero-order valence-corrected chi connectivity index (χ0v) is 7.91. The summed E-state index contributed by atoms with van der Waals surface area (Å²) in [5.41, 5.74) is 10.8. The van der Waals surface area contributed by atoms with Gasteiger partial charge in [0.15, 0.2) is 0 Å². The monoisotopic (exact) mass is 182 g/mol. The Morgan fingerprint density at radius 1 is 1.54 bits per heavy atom. The molecule has 0 amide bonds. The van der Waals surface area contributed by atoms with E-state index in [4.69, 9.17) is 11.5 Å². The van der Waals surface area contributed by atoms with E-state index >= 15 is 0 Å². The minimum absolute atomic E-state index is 0.140. The largest absolute Gasteiger partial charge is 0.330 e. The van der Waals surface area contributed by atoms with E-state index in [-0.39, 0.29) is 5.92 Å². The lowest BCUT2D eigenvalue weighted by molar-refractivity contribution is -0.115. The SMILES string of the molecule is C=C[C@@H]1CC[C@@H](CN)[C@@](N)(C=O)C1. The molecule has 1 aliphatic carbocycles. The van der Waals surface area contributed by atoms with E-state index < -0.39 is 5.54 Å². The molecule has 1 saturated carbocycles. The maximum atomic E-state index is 10.9. The van der Waals surface area contributed by atoms with E-state index in [1.54, 1.807) is 0 Å². The predicted molar refractivity (Wildman–Crippen MR) is 53.1 cm³/mol. The fraction of sp³-hybridized carbons (Fsp3) is 0.700. The van der Waals surface area contributed by atoms with Crippen molar-refractivity contribution in [3.63, 3.8) is 0 Å². The Bertz CT molecular complexity index is 205. The molecule has 0 unspecified atom stereocenters. The second-order valence-corrected chi connectivity index (χ2v) is 3.94. The quantitative estimate of drug-likeness (QED) is 0.491. The van der Waals surface area contributed by atoms with Crippen LogP contribution in [0.4, 0.5) is 0 Å². The molecule has 0 saturated heterocycles. The minimum Gasteiger partial charge on any atom is -0.330 e. The molecular formula is C10H18N2O. The van der Waals surface area contributed by atoms with Crippen LogP contribution >= 0.6 is 0 Å². The number of nitrogens with two attached hydrogens (primary N) is 2. The van der Waals surface area contributed by atoms with Crippen molar-refractivity contribution in [3.8, 4) is 0 Å². The fourth-order valence-electron chi connectivity index (χ4n) is 2.09. The topological polar surface area (TPSA) is 69.1 Å². The van der Waals surface area contributed by atoms with Gasteiger partial charge in [0.25, 0.3) is 0 Å². The summed E-state index contributed by atoms with van der Waals surface area (Å²) in [6.45, 7) is 4.23. The van der Waals surface area contributed by atoms with E-state index in [9.17, 15) is 4.79 Å². The number of aldehydes is 1. The molecule has 3 nitrogen and oxygen atoms in total. The molecule has 0 radical (unpaired) electrons. The van der Waals surface area contributed by atoms with Crippen molar-refractivity contribution in [2.24, 2.45) is 23.3 Å². The highest BCUT2D eigenvalue weighted by molar-refractivity contribution is 5.65. The first-order valence-electron chi connectivity index (χ1n) is 4.74. The van der Waals surface area contributed by atoms with Crippen LogP contribution in [0.15, 0.2) is 12.7 Å². The number of hydrogen-bond acceptors (Lipinski definition) is 3. The third kappa shape index (κ3) is 1.98. The number of hydrogen-bond donors (Lipinski definition) is 2. The number of rotatable bonds is 3. The van der Waals surface area contributed by atoms with Crippen LogP contribution in [0.2, 0.25) is 0 Å². The Morgan fingerprint density at radius 3 is 2.69 bits per heavy atom. The molecule has 0 aromatic carbocycles. The van der Waals surface area contributed by atoms with Crippen LogP contribution < -0.4 is 11.5 Å². The Hall–Kier alpha value is -0.670. The third-order valence-corrected chi connectivity index (χ3v) is 3.10. The summed E-state index contributed by atoms with van der Waals surface area (Å²) >= 11 is 0. The molecule has 0 heterocycles. The van der Waals surface area contributed by atoms with Gasteiger partial charge in [-0.05, 0) is 37.6 Å². The number of carbonyl (C=O) groups excluding carboxylic acids is 1. The van der Waals surface area contributed by atoms with Crippen molar-refractivity contribution in [2.45, 2.75) is 24.8 Å². The summed E-state index contributed by atoms with van der Waals surface area (Å²) in [6, 6.07) is 0. The van der Waals surface area contributed by atoms with Crippen LogP contribution in [0.5, 0.6) is 0 Å². The second kappa shape index (κ2) is 4.03. The van der Waals surface area contributed by atoms with Crippen molar-refractivity contribution < 1.29 is 4.79 Å². The highest BCUT2D eigenvalue weighted by Gasteiger charge is 2.39. The summed E-state index contributed by atoms with van der Waals surface area (Å²) in [4.78, 5) is 10.9.